The quantitative estimate of drug-likeness (QED) is 0.600. The van der Waals surface area contributed by atoms with Crippen molar-refractivity contribution in [3.8, 4) is 0 Å². The summed E-state index contributed by atoms with van der Waals surface area (Å²) in [5.74, 6) is 0. The second-order valence-corrected chi connectivity index (χ2v) is 0.984. The molecule has 39 valence electrons. The Morgan fingerprint density at radius 3 is 2.57 bits per heavy atom. The van der Waals surface area contributed by atoms with Crippen molar-refractivity contribution >= 4 is 0 Å². The fourth-order valence-electron chi connectivity index (χ4n) is 0.238. The zero-order chi connectivity index (χ0) is 4.41. The van der Waals surface area contributed by atoms with Crippen LogP contribution < -0.4 is 0 Å². The molecule has 1 radical (unpaired) electrons. The zero-order valence-corrected chi connectivity index (χ0v) is 6.51. The molecular formula is C3H4N3Re-. The molecule has 0 aliphatic heterocycles. The minimum atomic E-state index is 0. The average Bonchev–Trinajstić information content (AvgIpc) is 1.86. The molecule has 1 aromatic heterocycles. The summed E-state index contributed by atoms with van der Waals surface area (Å²) in [6.45, 7) is 0. The molecule has 0 bridgehead atoms. The molecule has 0 amide bonds. The van der Waals surface area contributed by atoms with Crippen molar-refractivity contribution in [3.63, 3.8) is 0 Å². The monoisotopic (exact) mass is 269 g/mol. The van der Waals surface area contributed by atoms with Crippen molar-refractivity contribution in [3.05, 3.63) is 12.7 Å². The van der Waals surface area contributed by atoms with Crippen LogP contribution in [0.15, 0.2) is 6.33 Å². The van der Waals surface area contributed by atoms with Crippen LogP contribution in [0.5, 0.6) is 0 Å². The molecule has 4 heteroatoms. The third kappa shape index (κ3) is 1.81. The van der Waals surface area contributed by atoms with Gasteiger partial charge in [-0.2, -0.15) is 0 Å². The molecular weight excluding hydrogens is 264 g/mol. The average molecular weight is 268 g/mol. The molecule has 0 N–H and O–H groups in total. The summed E-state index contributed by atoms with van der Waals surface area (Å²) in [6, 6.07) is 0. The van der Waals surface area contributed by atoms with Crippen LogP contribution in [0.2, 0.25) is 0 Å². The van der Waals surface area contributed by atoms with Gasteiger partial charge >= 0.3 is 0 Å². The van der Waals surface area contributed by atoms with Gasteiger partial charge in [0.25, 0.3) is 0 Å². The van der Waals surface area contributed by atoms with Crippen LogP contribution in [0, 0.1) is 6.33 Å². The van der Waals surface area contributed by atoms with E-state index in [-0.39, 0.29) is 20.4 Å². The van der Waals surface area contributed by atoms with E-state index in [2.05, 4.69) is 16.4 Å². The van der Waals surface area contributed by atoms with Gasteiger partial charge in [0.1, 0.15) is 0 Å². The van der Waals surface area contributed by atoms with E-state index in [0.29, 0.717) is 0 Å². The Bertz CT molecular complexity index is 114. The number of aryl methyl sites for hydroxylation is 1. The normalized spacial score (nSPS) is 7.57. The smallest absolute Gasteiger partial charge is 0.00950 e. The van der Waals surface area contributed by atoms with Gasteiger partial charge in [-0.05, 0) is 12.7 Å². The van der Waals surface area contributed by atoms with Crippen LogP contribution in [0.3, 0.4) is 0 Å². The maximum atomic E-state index is 3.67. The van der Waals surface area contributed by atoms with Crippen LogP contribution in [-0.4, -0.2) is 14.8 Å². The molecule has 0 saturated carbocycles. The number of aromatic nitrogens is 3. The minimum Gasteiger partial charge on any atom is -0.421 e. The molecule has 0 unspecified atom stereocenters. The van der Waals surface area contributed by atoms with Crippen molar-refractivity contribution in [1.29, 1.82) is 0 Å². The van der Waals surface area contributed by atoms with Crippen molar-refractivity contribution in [2.75, 3.05) is 0 Å². The molecule has 0 atom stereocenters. The van der Waals surface area contributed by atoms with Gasteiger partial charge in [0.15, 0.2) is 0 Å². The Morgan fingerprint density at radius 2 is 2.43 bits per heavy atom. The van der Waals surface area contributed by atoms with E-state index in [1.165, 1.54) is 11.0 Å². The molecule has 0 aliphatic carbocycles. The molecule has 1 rings (SSSR count). The summed E-state index contributed by atoms with van der Waals surface area (Å²) in [7, 11) is 1.77. The fourth-order valence-corrected chi connectivity index (χ4v) is 0.238. The largest absolute Gasteiger partial charge is 0.421 e. The van der Waals surface area contributed by atoms with Crippen LogP contribution in [0.1, 0.15) is 0 Å². The topological polar surface area (TPSA) is 30.7 Å². The predicted molar refractivity (Wildman–Crippen MR) is 19.8 cm³/mol. The third-order valence-corrected chi connectivity index (χ3v) is 0.485. The number of hydrogen-bond donors (Lipinski definition) is 0. The number of hydrogen-bond acceptors (Lipinski definition) is 2. The minimum absolute atomic E-state index is 0. The molecule has 7 heavy (non-hydrogen) atoms. The third-order valence-electron chi connectivity index (χ3n) is 0.485. The van der Waals surface area contributed by atoms with Crippen LogP contribution in [0.4, 0.5) is 0 Å². The van der Waals surface area contributed by atoms with E-state index in [9.17, 15) is 0 Å². The first-order valence-corrected chi connectivity index (χ1v) is 1.61. The molecule has 3 nitrogen and oxygen atoms in total. The second kappa shape index (κ2) is 2.89. The maximum Gasteiger partial charge on any atom is 0.00950 e. The summed E-state index contributed by atoms with van der Waals surface area (Å²) in [4.78, 5) is 3.55. The fraction of sp³-hybridized carbons (Fsp3) is 0.333. The van der Waals surface area contributed by atoms with Gasteiger partial charge < -0.3 is 9.67 Å². The van der Waals surface area contributed by atoms with Crippen molar-refractivity contribution in [1.82, 2.24) is 14.8 Å². The molecule has 1 aromatic rings. The summed E-state index contributed by atoms with van der Waals surface area (Å²) in [5.41, 5.74) is 0. The standard InChI is InChI=1S/C3H4N3.Re/c1-6-3-4-2-5-6;/h2H,1H3;/q-1;. The zero-order valence-electron chi connectivity index (χ0n) is 3.80. The van der Waals surface area contributed by atoms with Gasteiger partial charge in [-0.25, -0.2) is 0 Å². The van der Waals surface area contributed by atoms with Gasteiger partial charge in [0.05, 0.1) is 0 Å². The summed E-state index contributed by atoms with van der Waals surface area (Å²) < 4.78 is 1.51. The van der Waals surface area contributed by atoms with Crippen molar-refractivity contribution < 1.29 is 20.4 Å². The van der Waals surface area contributed by atoms with Crippen LogP contribution >= 0.6 is 0 Å². The van der Waals surface area contributed by atoms with Crippen molar-refractivity contribution in [2.24, 2.45) is 7.05 Å². The van der Waals surface area contributed by atoms with Crippen LogP contribution in [-0.2, 0) is 27.5 Å². The van der Waals surface area contributed by atoms with E-state index in [4.69, 9.17) is 0 Å². The molecule has 0 saturated heterocycles. The van der Waals surface area contributed by atoms with E-state index < -0.39 is 0 Å². The SMILES string of the molecule is Cn1[c-]ncn1.[Re]. The first kappa shape index (κ1) is 6.80. The van der Waals surface area contributed by atoms with Gasteiger partial charge in [0, 0.05) is 27.5 Å². The van der Waals surface area contributed by atoms with E-state index in [1.54, 1.807) is 7.05 Å². The Labute approximate surface area is 55.4 Å². The van der Waals surface area contributed by atoms with E-state index in [0.717, 1.165) is 0 Å². The second-order valence-electron chi connectivity index (χ2n) is 0.984. The molecule has 0 aliphatic rings. The first-order chi connectivity index (χ1) is 2.89. The number of rotatable bonds is 0. The van der Waals surface area contributed by atoms with Gasteiger partial charge in [0.2, 0.25) is 0 Å². The Balaban J connectivity index is 0.000000360. The van der Waals surface area contributed by atoms with E-state index in [1.807, 2.05) is 0 Å². The van der Waals surface area contributed by atoms with Crippen LogP contribution in [0.25, 0.3) is 0 Å². The summed E-state index contributed by atoms with van der Waals surface area (Å²) in [5, 5.41) is 3.67. The van der Waals surface area contributed by atoms with Gasteiger partial charge in [-0.3, -0.25) is 5.10 Å². The van der Waals surface area contributed by atoms with E-state index >= 15 is 0 Å². The van der Waals surface area contributed by atoms with Gasteiger partial charge in [-0.15, -0.1) is 0 Å². The first-order valence-electron chi connectivity index (χ1n) is 1.61. The predicted octanol–water partition coefficient (Wildman–Crippen LogP) is -0.387. The molecule has 1 heterocycles. The molecule has 0 aromatic carbocycles. The maximum absolute atomic E-state index is 3.67. The summed E-state index contributed by atoms with van der Waals surface area (Å²) >= 11 is 0. The molecule has 0 fully saturated rings. The Hall–Kier alpha value is -0.198. The Morgan fingerprint density at radius 1 is 1.71 bits per heavy atom. The van der Waals surface area contributed by atoms with Gasteiger partial charge in [-0.1, -0.05) is 0 Å². The molecule has 0 spiro atoms. The number of nitrogens with zero attached hydrogens (tertiary/aromatic N) is 3. The summed E-state index contributed by atoms with van der Waals surface area (Å²) in [6.07, 6.45) is 4.00. The van der Waals surface area contributed by atoms with Crippen molar-refractivity contribution in [2.45, 2.75) is 0 Å². The Kier molecular flexibility index (Phi) is 2.81.